The molecule has 3 aliphatic rings. The number of carbonyl (C=O) groups excluding carboxylic acids is 1. The molecule has 3 fully saturated rings. The molecule has 1 saturated carbocycles. The van der Waals surface area contributed by atoms with Crippen molar-refractivity contribution >= 4 is 44.7 Å². The van der Waals surface area contributed by atoms with Gasteiger partial charge in [-0.3, -0.25) is 9.52 Å². The smallest absolute Gasteiger partial charge is 0.256 e. The van der Waals surface area contributed by atoms with E-state index in [0.29, 0.717) is 17.5 Å². The summed E-state index contributed by atoms with van der Waals surface area (Å²) in [6.07, 6.45) is 6.00. The zero-order chi connectivity index (χ0) is 27.3. The number of fused-ring (bicyclic) bond motifs is 1. The predicted molar refractivity (Wildman–Crippen MR) is 152 cm³/mol. The van der Waals surface area contributed by atoms with Crippen molar-refractivity contribution in [1.82, 2.24) is 24.4 Å². The van der Waals surface area contributed by atoms with Crippen molar-refractivity contribution in [2.45, 2.75) is 44.1 Å². The summed E-state index contributed by atoms with van der Waals surface area (Å²) in [5, 5.41) is 5.41. The highest BCUT2D eigenvalue weighted by Gasteiger charge is 2.34. The second kappa shape index (κ2) is 10.3. The quantitative estimate of drug-likeness (QED) is 0.480. The van der Waals surface area contributed by atoms with Crippen LogP contribution < -0.4 is 9.62 Å². The fourth-order valence-corrected chi connectivity index (χ4v) is 6.38. The SMILES string of the molecule is CN1CCN(c2cc(C3CC3)nc3cc([C@H]4CCCCN4C(=O)c4cc(Cl)ccc4NS(C)(=O)=O)nn23)CC1. The number of piperidine rings is 1. The van der Waals surface area contributed by atoms with Gasteiger partial charge in [-0.2, -0.15) is 9.61 Å². The number of benzene rings is 1. The summed E-state index contributed by atoms with van der Waals surface area (Å²) in [5.41, 5.74) is 3.19. The van der Waals surface area contributed by atoms with Gasteiger partial charge in [-0.05, 0) is 57.4 Å². The fourth-order valence-electron chi connectivity index (χ4n) is 5.63. The Morgan fingerprint density at radius 2 is 1.77 bits per heavy atom. The molecule has 6 rings (SSSR count). The number of likely N-dealkylation sites (N-methyl/N-ethyl adjacent to an activating group) is 1. The molecule has 1 amide bonds. The minimum atomic E-state index is -3.58. The van der Waals surface area contributed by atoms with E-state index in [9.17, 15) is 13.2 Å². The molecule has 1 N–H and O–H groups in total. The van der Waals surface area contributed by atoms with Crippen molar-refractivity contribution in [3.8, 4) is 0 Å². The molecule has 2 aliphatic heterocycles. The van der Waals surface area contributed by atoms with Crippen LogP contribution in [0.25, 0.3) is 5.65 Å². The molecule has 2 aromatic heterocycles. The molecule has 39 heavy (non-hydrogen) atoms. The molecule has 0 radical (unpaired) electrons. The van der Waals surface area contributed by atoms with Gasteiger partial charge in [0.1, 0.15) is 5.82 Å². The van der Waals surface area contributed by atoms with Crippen molar-refractivity contribution in [2.24, 2.45) is 0 Å². The van der Waals surface area contributed by atoms with Crippen LogP contribution in [0, 0.1) is 0 Å². The highest BCUT2D eigenvalue weighted by Crippen LogP contribution is 2.41. The topological polar surface area (TPSA) is 103 Å². The minimum Gasteiger partial charge on any atom is -0.354 e. The number of carbonyl (C=O) groups is 1. The first-order valence-electron chi connectivity index (χ1n) is 13.6. The average molecular weight is 572 g/mol. The number of amides is 1. The van der Waals surface area contributed by atoms with Gasteiger partial charge in [-0.15, -0.1) is 0 Å². The molecule has 4 heterocycles. The van der Waals surface area contributed by atoms with Gasteiger partial charge in [0.2, 0.25) is 10.0 Å². The van der Waals surface area contributed by atoms with E-state index in [0.717, 1.165) is 74.6 Å². The number of piperazine rings is 1. The lowest BCUT2D eigenvalue weighted by Gasteiger charge is -2.35. The number of likely N-dealkylation sites (tertiary alicyclic amines) is 1. The number of anilines is 2. The predicted octanol–water partition coefficient (Wildman–Crippen LogP) is 3.75. The van der Waals surface area contributed by atoms with E-state index in [1.165, 1.54) is 25.0 Å². The third-order valence-corrected chi connectivity index (χ3v) is 8.71. The first-order valence-corrected chi connectivity index (χ1v) is 15.9. The molecule has 10 nitrogen and oxygen atoms in total. The van der Waals surface area contributed by atoms with Crippen LogP contribution in [0.1, 0.15) is 65.8 Å². The van der Waals surface area contributed by atoms with E-state index in [1.54, 1.807) is 6.07 Å². The van der Waals surface area contributed by atoms with E-state index in [1.807, 2.05) is 15.5 Å². The summed E-state index contributed by atoms with van der Waals surface area (Å²) in [4.78, 5) is 25.4. The summed E-state index contributed by atoms with van der Waals surface area (Å²) >= 11 is 6.24. The number of hydrogen-bond acceptors (Lipinski definition) is 7. The zero-order valence-electron chi connectivity index (χ0n) is 22.3. The van der Waals surface area contributed by atoms with Crippen molar-refractivity contribution in [3.05, 3.63) is 52.3 Å². The van der Waals surface area contributed by atoms with Crippen molar-refractivity contribution in [2.75, 3.05) is 55.6 Å². The summed E-state index contributed by atoms with van der Waals surface area (Å²) in [5.74, 6) is 1.30. The van der Waals surface area contributed by atoms with Gasteiger partial charge in [-0.25, -0.2) is 13.4 Å². The second-order valence-electron chi connectivity index (χ2n) is 11.0. The van der Waals surface area contributed by atoms with Gasteiger partial charge in [0.25, 0.3) is 5.91 Å². The highest BCUT2D eigenvalue weighted by atomic mass is 35.5. The Morgan fingerprint density at radius 1 is 1.00 bits per heavy atom. The van der Waals surface area contributed by atoms with Crippen LogP contribution in [0.4, 0.5) is 11.5 Å². The maximum Gasteiger partial charge on any atom is 0.256 e. The zero-order valence-corrected chi connectivity index (χ0v) is 23.9. The molecule has 1 aliphatic carbocycles. The molecular formula is C27H34ClN7O3S. The first kappa shape index (κ1) is 26.3. The number of rotatable bonds is 6. The molecule has 1 aromatic carbocycles. The monoisotopic (exact) mass is 571 g/mol. The summed E-state index contributed by atoms with van der Waals surface area (Å²) in [7, 11) is -1.43. The van der Waals surface area contributed by atoms with Crippen LogP contribution in [0.2, 0.25) is 5.02 Å². The Kier molecular flexibility index (Phi) is 6.93. The molecule has 0 unspecified atom stereocenters. The fraction of sp³-hybridized carbons (Fsp3) is 0.519. The average Bonchev–Trinajstić information content (AvgIpc) is 3.67. The van der Waals surface area contributed by atoms with Crippen molar-refractivity contribution < 1.29 is 13.2 Å². The third-order valence-electron chi connectivity index (χ3n) is 7.88. The Morgan fingerprint density at radius 3 is 2.49 bits per heavy atom. The van der Waals surface area contributed by atoms with Crippen LogP contribution in [0.15, 0.2) is 30.3 Å². The van der Waals surface area contributed by atoms with E-state index in [4.69, 9.17) is 21.7 Å². The molecule has 0 bridgehead atoms. The summed E-state index contributed by atoms with van der Waals surface area (Å²) < 4.78 is 28.4. The first-order chi connectivity index (χ1) is 18.7. The van der Waals surface area contributed by atoms with E-state index in [2.05, 4.69) is 27.6 Å². The second-order valence-corrected chi connectivity index (χ2v) is 13.2. The van der Waals surface area contributed by atoms with E-state index >= 15 is 0 Å². The Balaban J connectivity index is 1.37. The maximum atomic E-state index is 13.9. The Labute approximate surface area is 234 Å². The number of aromatic nitrogens is 3. The number of nitrogens with one attached hydrogen (secondary N) is 1. The lowest BCUT2D eigenvalue weighted by molar-refractivity contribution is 0.0607. The van der Waals surface area contributed by atoms with Crippen LogP contribution >= 0.6 is 11.6 Å². The van der Waals surface area contributed by atoms with Crippen LogP contribution in [0.3, 0.4) is 0 Å². The largest absolute Gasteiger partial charge is 0.354 e. The van der Waals surface area contributed by atoms with Gasteiger partial charge >= 0.3 is 0 Å². The number of halogens is 1. The van der Waals surface area contributed by atoms with Gasteiger partial charge in [0.05, 0.1) is 29.2 Å². The van der Waals surface area contributed by atoms with Gasteiger partial charge in [0, 0.05) is 61.5 Å². The molecule has 208 valence electrons. The van der Waals surface area contributed by atoms with Crippen LogP contribution in [-0.4, -0.2) is 84.8 Å². The molecule has 0 spiro atoms. The van der Waals surface area contributed by atoms with Crippen LogP contribution in [-0.2, 0) is 10.0 Å². The van der Waals surface area contributed by atoms with Gasteiger partial charge in [-0.1, -0.05) is 11.6 Å². The molecular weight excluding hydrogens is 538 g/mol. The molecule has 1 atom stereocenters. The van der Waals surface area contributed by atoms with Crippen LogP contribution in [0.5, 0.6) is 0 Å². The highest BCUT2D eigenvalue weighted by molar-refractivity contribution is 7.92. The Hall–Kier alpha value is -2.89. The maximum absolute atomic E-state index is 13.9. The van der Waals surface area contributed by atoms with E-state index < -0.39 is 10.0 Å². The standard InChI is InChI=1S/C27H34ClN7O3S/c1-32-11-13-33(14-12-32)26-17-22(18-6-7-18)29-25-16-23(30-35(25)26)24-5-3-4-10-34(24)27(36)20-15-19(28)8-9-21(20)31-39(2,37)38/h8-9,15-18,24,31H,3-7,10-14H2,1-2H3/t24-/m1/s1. The molecule has 2 saturated heterocycles. The lowest BCUT2D eigenvalue weighted by Crippen LogP contribution is -2.45. The normalized spacial score (nSPS) is 20.9. The van der Waals surface area contributed by atoms with Gasteiger partial charge in [0.15, 0.2) is 5.65 Å². The van der Waals surface area contributed by atoms with Crippen molar-refractivity contribution in [1.29, 1.82) is 0 Å². The number of sulfonamides is 1. The number of nitrogens with zero attached hydrogens (tertiary/aromatic N) is 6. The summed E-state index contributed by atoms with van der Waals surface area (Å²) in [6, 6.07) is 8.61. The van der Waals surface area contributed by atoms with Crippen molar-refractivity contribution in [3.63, 3.8) is 0 Å². The Bertz CT molecular complexity index is 1510. The van der Waals surface area contributed by atoms with E-state index in [-0.39, 0.29) is 23.2 Å². The molecule has 12 heteroatoms. The number of hydrogen-bond donors (Lipinski definition) is 1. The summed E-state index contributed by atoms with van der Waals surface area (Å²) in [6.45, 7) is 4.38. The molecule has 3 aromatic rings. The third kappa shape index (κ3) is 5.57. The van der Waals surface area contributed by atoms with Gasteiger partial charge < -0.3 is 14.7 Å². The lowest BCUT2D eigenvalue weighted by atomic mass is 9.98. The minimum absolute atomic E-state index is 0.222.